The third-order valence-electron chi connectivity index (χ3n) is 4.26. The van der Waals surface area contributed by atoms with E-state index in [0.717, 1.165) is 6.92 Å². The number of nitrogens with two attached hydrogens (primary N) is 1. The molecule has 3 N–H and O–H groups in total. The third kappa shape index (κ3) is 4.53. The summed E-state index contributed by atoms with van der Waals surface area (Å²) in [6.45, 7) is -0.626. The van der Waals surface area contributed by atoms with Crippen LogP contribution in [-0.2, 0) is 5.92 Å². The number of nitrogens with one attached hydrogen (secondary N) is 1. The molecule has 0 unspecified atom stereocenters. The lowest BCUT2D eigenvalue weighted by Gasteiger charge is -2.12. The molecular formula is C20H18F4N4O2. The Kier molecular flexibility index (Phi) is 5.68. The lowest BCUT2D eigenvalue weighted by atomic mass is 10.1. The van der Waals surface area contributed by atoms with E-state index in [1.54, 1.807) is 6.92 Å². The molecule has 0 aliphatic heterocycles. The van der Waals surface area contributed by atoms with Crippen molar-refractivity contribution in [3.63, 3.8) is 0 Å². The number of carbonyl (C=O) groups is 1. The maximum absolute atomic E-state index is 13.5. The Morgan fingerprint density at radius 1 is 1.20 bits per heavy atom. The Morgan fingerprint density at radius 2 is 1.87 bits per heavy atom. The monoisotopic (exact) mass is 422 g/mol. The van der Waals surface area contributed by atoms with E-state index in [1.807, 2.05) is 0 Å². The van der Waals surface area contributed by atoms with Crippen molar-refractivity contribution in [2.45, 2.75) is 26.4 Å². The van der Waals surface area contributed by atoms with Crippen LogP contribution >= 0.6 is 0 Å². The number of hydrogen-bond acceptors (Lipinski definition) is 4. The highest BCUT2D eigenvalue weighted by Gasteiger charge is 2.25. The van der Waals surface area contributed by atoms with Gasteiger partial charge in [-0.2, -0.15) is 13.9 Å². The zero-order chi connectivity index (χ0) is 22.1. The number of hydrogen-bond donors (Lipinski definition) is 2. The molecule has 2 aromatic carbocycles. The summed E-state index contributed by atoms with van der Waals surface area (Å²) in [5.74, 6) is -3.71. The molecule has 0 aliphatic rings. The summed E-state index contributed by atoms with van der Waals surface area (Å²) in [7, 11) is 0. The van der Waals surface area contributed by atoms with Gasteiger partial charge >= 0.3 is 6.61 Å². The van der Waals surface area contributed by atoms with Gasteiger partial charge in [-0.15, -0.1) is 0 Å². The Morgan fingerprint density at radius 3 is 2.47 bits per heavy atom. The second-order valence-corrected chi connectivity index (χ2v) is 6.55. The van der Waals surface area contributed by atoms with Gasteiger partial charge in [0.05, 0.1) is 11.4 Å². The maximum Gasteiger partial charge on any atom is 0.387 e. The van der Waals surface area contributed by atoms with Gasteiger partial charge in [0, 0.05) is 18.2 Å². The van der Waals surface area contributed by atoms with Crippen molar-refractivity contribution in [2.75, 3.05) is 11.1 Å². The fraction of sp³-hybridized carbons (Fsp3) is 0.200. The van der Waals surface area contributed by atoms with E-state index < -0.39 is 18.4 Å². The summed E-state index contributed by atoms with van der Waals surface area (Å²) in [6.07, 6.45) is 0. The van der Waals surface area contributed by atoms with Crippen LogP contribution in [-0.4, -0.2) is 22.3 Å². The van der Waals surface area contributed by atoms with Crippen LogP contribution in [0.5, 0.6) is 5.75 Å². The van der Waals surface area contributed by atoms with Gasteiger partial charge < -0.3 is 15.8 Å². The summed E-state index contributed by atoms with van der Waals surface area (Å²) >= 11 is 0. The number of aromatic nitrogens is 2. The highest BCUT2D eigenvalue weighted by atomic mass is 19.3. The molecule has 1 aromatic heterocycles. The number of halogens is 4. The molecule has 30 heavy (non-hydrogen) atoms. The van der Waals surface area contributed by atoms with Crippen LogP contribution in [0.25, 0.3) is 5.69 Å². The van der Waals surface area contributed by atoms with E-state index in [2.05, 4.69) is 15.2 Å². The van der Waals surface area contributed by atoms with Crippen molar-refractivity contribution in [1.82, 2.24) is 9.78 Å². The molecule has 1 amide bonds. The minimum absolute atomic E-state index is 0.00417. The van der Waals surface area contributed by atoms with Crippen molar-refractivity contribution in [1.29, 1.82) is 0 Å². The Labute approximate surface area is 169 Å². The van der Waals surface area contributed by atoms with Crippen LogP contribution in [0.15, 0.2) is 48.5 Å². The highest BCUT2D eigenvalue weighted by Crippen LogP contribution is 2.29. The van der Waals surface area contributed by atoms with Crippen LogP contribution < -0.4 is 15.8 Å². The zero-order valence-electron chi connectivity index (χ0n) is 16.0. The van der Waals surface area contributed by atoms with E-state index in [1.165, 1.54) is 53.2 Å². The van der Waals surface area contributed by atoms with Crippen molar-refractivity contribution < 1.29 is 27.1 Å². The first-order valence-electron chi connectivity index (χ1n) is 8.76. The summed E-state index contributed by atoms with van der Waals surface area (Å²) in [5, 5.41) is 6.75. The number of aryl methyl sites for hydroxylation is 1. The lowest BCUT2D eigenvalue weighted by Crippen LogP contribution is -2.16. The molecule has 0 spiro atoms. The summed E-state index contributed by atoms with van der Waals surface area (Å²) in [6, 6.07) is 10.9. The second-order valence-electron chi connectivity index (χ2n) is 6.55. The molecular weight excluding hydrogens is 404 g/mol. The van der Waals surface area contributed by atoms with Crippen LogP contribution in [0.1, 0.15) is 28.5 Å². The Balaban J connectivity index is 1.86. The molecule has 0 aliphatic carbocycles. The molecule has 10 heteroatoms. The van der Waals surface area contributed by atoms with Gasteiger partial charge in [-0.25, -0.2) is 13.5 Å². The lowest BCUT2D eigenvalue weighted by molar-refractivity contribution is -0.0498. The Bertz CT molecular complexity index is 1060. The van der Waals surface area contributed by atoms with Gasteiger partial charge in [0.15, 0.2) is 0 Å². The van der Waals surface area contributed by atoms with Crippen LogP contribution in [0.2, 0.25) is 0 Å². The minimum atomic E-state index is -3.05. The Hall–Kier alpha value is -3.56. The molecule has 3 aromatic rings. The van der Waals surface area contributed by atoms with E-state index >= 15 is 0 Å². The van der Waals surface area contributed by atoms with E-state index in [4.69, 9.17) is 5.73 Å². The number of ether oxygens (including phenoxy) is 1. The predicted molar refractivity (Wildman–Crippen MR) is 103 cm³/mol. The molecule has 6 nitrogen and oxygen atoms in total. The molecule has 0 bridgehead atoms. The van der Waals surface area contributed by atoms with E-state index in [9.17, 15) is 22.4 Å². The summed E-state index contributed by atoms with van der Waals surface area (Å²) in [5.41, 5.74) is 6.80. The normalized spacial score (nSPS) is 11.6. The number of benzene rings is 2. The first-order chi connectivity index (χ1) is 14.1. The van der Waals surface area contributed by atoms with Gasteiger partial charge in [0.25, 0.3) is 11.8 Å². The van der Waals surface area contributed by atoms with E-state index in [0.29, 0.717) is 11.4 Å². The van der Waals surface area contributed by atoms with Crippen molar-refractivity contribution in [3.8, 4) is 11.4 Å². The quantitative estimate of drug-likeness (QED) is 0.563. The minimum Gasteiger partial charge on any atom is -0.435 e. The zero-order valence-corrected chi connectivity index (χ0v) is 16.0. The molecule has 0 atom stereocenters. The summed E-state index contributed by atoms with van der Waals surface area (Å²) in [4.78, 5) is 12.7. The molecule has 3 rings (SSSR count). The molecule has 158 valence electrons. The average Bonchev–Trinajstić information content (AvgIpc) is 2.95. The largest absolute Gasteiger partial charge is 0.435 e. The molecule has 0 saturated heterocycles. The van der Waals surface area contributed by atoms with Gasteiger partial charge in [0.2, 0.25) is 0 Å². The average molecular weight is 422 g/mol. The van der Waals surface area contributed by atoms with Crippen molar-refractivity contribution >= 4 is 17.4 Å². The smallest absolute Gasteiger partial charge is 0.387 e. The first-order valence-corrected chi connectivity index (χ1v) is 8.76. The van der Waals surface area contributed by atoms with Crippen molar-refractivity contribution in [3.05, 3.63) is 65.4 Å². The number of nitrogen functional groups attached to an aromatic ring is 1. The standard InChI is InChI=1S/C20H18F4N4O2/c1-11-16(18(29)26-13-5-3-4-12(10-13)20(2,23)24)17(25)28(27-11)14-6-8-15(9-7-14)30-19(21)22/h3-10,19H,25H2,1-2H3,(H,26,29). The SMILES string of the molecule is Cc1nn(-c2ccc(OC(F)F)cc2)c(N)c1C(=O)Nc1cccc(C(C)(F)F)c1. The van der Waals surface area contributed by atoms with Crippen LogP contribution in [0.3, 0.4) is 0 Å². The van der Waals surface area contributed by atoms with Gasteiger partial charge in [-0.3, -0.25) is 4.79 Å². The third-order valence-corrected chi connectivity index (χ3v) is 4.26. The van der Waals surface area contributed by atoms with Crippen molar-refractivity contribution in [2.24, 2.45) is 0 Å². The predicted octanol–water partition coefficient (Wildman–Crippen LogP) is 4.73. The van der Waals surface area contributed by atoms with E-state index in [-0.39, 0.29) is 28.4 Å². The summed E-state index contributed by atoms with van der Waals surface area (Å²) < 4.78 is 57.1. The fourth-order valence-corrected chi connectivity index (χ4v) is 2.85. The molecule has 0 radical (unpaired) electrons. The van der Waals surface area contributed by atoms with Crippen LogP contribution in [0.4, 0.5) is 29.1 Å². The van der Waals surface area contributed by atoms with Gasteiger partial charge in [0.1, 0.15) is 17.1 Å². The first kappa shape index (κ1) is 21.2. The van der Waals surface area contributed by atoms with Gasteiger partial charge in [-0.1, -0.05) is 12.1 Å². The second kappa shape index (κ2) is 8.05. The maximum atomic E-state index is 13.5. The molecule has 1 heterocycles. The molecule has 0 saturated carbocycles. The number of carbonyl (C=O) groups excluding carboxylic acids is 1. The highest BCUT2D eigenvalue weighted by molar-refractivity contribution is 6.08. The number of nitrogens with zero attached hydrogens (tertiary/aromatic N) is 2. The number of amides is 1. The number of alkyl halides is 4. The van der Waals surface area contributed by atoms with Crippen LogP contribution in [0, 0.1) is 6.92 Å². The number of rotatable bonds is 6. The fourth-order valence-electron chi connectivity index (χ4n) is 2.85. The molecule has 0 fully saturated rings. The topological polar surface area (TPSA) is 82.2 Å². The van der Waals surface area contributed by atoms with Gasteiger partial charge in [-0.05, 0) is 43.3 Å². The number of anilines is 2.